The zero-order chi connectivity index (χ0) is 31.7. The molecule has 8 nitrogen and oxygen atoms in total. The molecule has 2 aliphatic heterocycles. The van der Waals surface area contributed by atoms with Crippen LogP contribution in [0.3, 0.4) is 0 Å². The van der Waals surface area contributed by atoms with Gasteiger partial charge in [0.2, 0.25) is 0 Å². The van der Waals surface area contributed by atoms with Gasteiger partial charge >= 0.3 is 11.9 Å². The highest BCUT2D eigenvalue weighted by molar-refractivity contribution is 5.97. The zero-order valence-electron chi connectivity index (χ0n) is 26.2. The number of carbonyl (C=O) groups is 2. The van der Waals surface area contributed by atoms with Gasteiger partial charge in [-0.05, 0) is 98.2 Å². The summed E-state index contributed by atoms with van der Waals surface area (Å²) in [6, 6.07) is 8.14. The second-order valence-corrected chi connectivity index (χ2v) is 11.1. The van der Waals surface area contributed by atoms with Crippen LogP contribution in [0, 0.1) is 13.8 Å². The van der Waals surface area contributed by atoms with Crippen molar-refractivity contribution in [2.45, 2.75) is 53.4 Å². The third-order valence-corrected chi connectivity index (χ3v) is 8.66. The summed E-state index contributed by atoms with van der Waals surface area (Å²) in [6.45, 7) is 16.3. The van der Waals surface area contributed by atoms with E-state index in [2.05, 4.69) is 43.0 Å². The van der Waals surface area contributed by atoms with E-state index in [0.717, 1.165) is 89.4 Å². The van der Waals surface area contributed by atoms with Crippen LogP contribution in [0.25, 0.3) is 56.5 Å². The number of aromatic nitrogens is 4. The minimum absolute atomic E-state index is 0.240. The minimum Gasteiger partial charge on any atom is -0.469 e. The Kier molecular flexibility index (Phi) is 8.54. The smallest absolute Gasteiger partial charge is 0.305 e. The predicted octanol–water partition coefficient (Wildman–Crippen LogP) is 7.99. The summed E-state index contributed by atoms with van der Waals surface area (Å²) in [5, 5.41) is 0. The Hall–Kier alpha value is -4.98. The maximum Gasteiger partial charge on any atom is 0.305 e. The molecule has 44 heavy (non-hydrogen) atoms. The van der Waals surface area contributed by atoms with Gasteiger partial charge in [-0.1, -0.05) is 25.3 Å². The topological polar surface area (TPSA) is 110 Å². The molecule has 0 amide bonds. The van der Waals surface area contributed by atoms with Crippen molar-refractivity contribution in [3.63, 3.8) is 0 Å². The Morgan fingerprint density at radius 1 is 0.659 bits per heavy atom. The number of H-pyrrole nitrogens is 2. The zero-order valence-corrected chi connectivity index (χ0v) is 26.2. The van der Waals surface area contributed by atoms with E-state index in [1.165, 1.54) is 14.2 Å². The molecule has 0 radical (unpaired) electrons. The van der Waals surface area contributed by atoms with Crippen molar-refractivity contribution < 1.29 is 19.1 Å². The van der Waals surface area contributed by atoms with Gasteiger partial charge in [0.15, 0.2) is 0 Å². The first-order valence-electron chi connectivity index (χ1n) is 14.6. The number of fused-ring (bicyclic) bond motifs is 8. The summed E-state index contributed by atoms with van der Waals surface area (Å²) < 4.78 is 9.87. The average molecular weight is 591 g/mol. The maximum atomic E-state index is 12.1. The van der Waals surface area contributed by atoms with E-state index in [0.29, 0.717) is 12.8 Å². The highest BCUT2D eigenvalue weighted by Crippen LogP contribution is 2.38. The molecule has 2 N–H and O–H groups in total. The fourth-order valence-corrected chi connectivity index (χ4v) is 5.96. The molecule has 0 fully saturated rings. The monoisotopic (exact) mass is 590 g/mol. The lowest BCUT2D eigenvalue weighted by molar-refractivity contribution is -0.141. The minimum atomic E-state index is -0.276. The van der Waals surface area contributed by atoms with Crippen LogP contribution in [0.2, 0.25) is 0 Å². The fourth-order valence-electron chi connectivity index (χ4n) is 5.96. The summed E-state index contributed by atoms with van der Waals surface area (Å²) in [5.41, 5.74) is 14.7. The summed E-state index contributed by atoms with van der Waals surface area (Å²) in [4.78, 5) is 41.5. The largest absolute Gasteiger partial charge is 0.469 e. The quantitative estimate of drug-likeness (QED) is 0.257. The third-order valence-electron chi connectivity index (χ3n) is 8.66. The molecular weight excluding hydrogens is 552 g/mol. The van der Waals surface area contributed by atoms with Crippen molar-refractivity contribution in [3.8, 4) is 0 Å². The van der Waals surface area contributed by atoms with E-state index < -0.39 is 0 Å². The maximum absolute atomic E-state index is 12.1. The van der Waals surface area contributed by atoms with Crippen molar-refractivity contribution in [2.75, 3.05) is 14.2 Å². The van der Waals surface area contributed by atoms with Crippen molar-refractivity contribution >= 4 is 68.4 Å². The molecule has 8 bridgehead atoms. The van der Waals surface area contributed by atoms with Crippen LogP contribution in [0.5, 0.6) is 0 Å². The molecular formula is C36H38N4O4. The van der Waals surface area contributed by atoms with Crippen LogP contribution in [0.4, 0.5) is 0 Å². The van der Waals surface area contributed by atoms with Crippen LogP contribution >= 0.6 is 0 Å². The van der Waals surface area contributed by atoms with E-state index in [9.17, 15) is 9.59 Å². The number of aromatic amines is 2. The number of rotatable bonds is 8. The Morgan fingerprint density at radius 3 is 1.50 bits per heavy atom. The van der Waals surface area contributed by atoms with Gasteiger partial charge in [0.05, 0.1) is 37.0 Å². The van der Waals surface area contributed by atoms with Crippen LogP contribution in [-0.4, -0.2) is 46.1 Å². The number of aryl methyl sites for hydroxylation is 2. The number of carbonyl (C=O) groups excluding carboxylic acids is 2. The van der Waals surface area contributed by atoms with Gasteiger partial charge in [-0.15, -0.1) is 0 Å². The molecule has 0 saturated heterocycles. The van der Waals surface area contributed by atoms with Crippen molar-refractivity contribution in [1.82, 2.24) is 19.9 Å². The van der Waals surface area contributed by atoms with Gasteiger partial charge in [0.25, 0.3) is 0 Å². The molecule has 3 aromatic rings. The number of methoxy groups -OCH3 is 2. The lowest BCUT2D eigenvalue weighted by Crippen LogP contribution is -2.00. The molecule has 0 aromatic carbocycles. The number of ether oxygens (including phenoxy) is 2. The first-order valence-corrected chi connectivity index (χ1v) is 14.6. The third kappa shape index (κ3) is 5.55. The molecule has 2 aliphatic rings. The van der Waals surface area contributed by atoms with E-state index in [-0.39, 0.29) is 24.8 Å². The summed E-state index contributed by atoms with van der Waals surface area (Å²) >= 11 is 0. The fraction of sp³-hybridized carbons (Fsp3) is 0.278. The van der Waals surface area contributed by atoms with Crippen molar-refractivity contribution in [3.05, 3.63) is 82.5 Å². The molecule has 0 atom stereocenters. The lowest BCUT2D eigenvalue weighted by Gasteiger charge is -2.04. The van der Waals surface area contributed by atoms with Crippen LogP contribution in [-0.2, 0) is 19.1 Å². The Morgan fingerprint density at radius 2 is 1.07 bits per heavy atom. The van der Waals surface area contributed by atoms with Gasteiger partial charge in [-0.25, -0.2) is 9.97 Å². The van der Waals surface area contributed by atoms with Crippen molar-refractivity contribution in [2.24, 2.45) is 0 Å². The molecule has 0 saturated carbocycles. The van der Waals surface area contributed by atoms with E-state index in [4.69, 9.17) is 19.4 Å². The van der Waals surface area contributed by atoms with Gasteiger partial charge in [-0.2, -0.15) is 0 Å². The summed E-state index contributed by atoms with van der Waals surface area (Å²) in [7, 11) is 2.80. The number of hydrogen-bond acceptors (Lipinski definition) is 6. The summed E-state index contributed by atoms with van der Waals surface area (Å²) in [5.74, 6) is -0.548. The molecule has 0 aliphatic carbocycles. The van der Waals surface area contributed by atoms with Crippen molar-refractivity contribution in [1.29, 1.82) is 0 Å². The second-order valence-electron chi connectivity index (χ2n) is 11.1. The average Bonchev–Trinajstić information content (AvgIpc) is 3.67. The lowest BCUT2D eigenvalue weighted by atomic mass is 9.99. The number of allylic oxidation sites excluding steroid dienone is 4. The van der Waals surface area contributed by atoms with E-state index in [1.807, 2.05) is 44.2 Å². The molecule has 0 spiro atoms. The number of nitrogens with zero attached hydrogens (tertiary/aromatic N) is 2. The number of hydrogen-bond donors (Lipinski definition) is 2. The second kappa shape index (κ2) is 12.3. The Balaban J connectivity index is 1.89. The van der Waals surface area contributed by atoms with Gasteiger partial charge < -0.3 is 19.4 Å². The first-order chi connectivity index (χ1) is 21.1. The van der Waals surface area contributed by atoms with E-state index in [1.54, 1.807) is 0 Å². The highest BCUT2D eigenvalue weighted by Gasteiger charge is 2.22. The van der Waals surface area contributed by atoms with Gasteiger partial charge in [0.1, 0.15) is 0 Å². The van der Waals surface area contributed by atoms with Crippen LogP contribution in [0.15, 0.2) is 37.4 Å². The SMILES string of the molecule is C=Cc1c(C)c2cc3[nH]c(cc4nc(cc5nc(cc1[nH]2)C(CCC(=O)OC)=C5C)C(C)=C4CCC(=O)OC)c(C)c3C=C. The normalized spacial score (nSPS) is 12.9. The van der Waals surface area contributed by atoms with Gasteiger partial charge in [0, 0.05) is 46.0 Å². The first kappa shape index (κ1) is 30.5. The molecule has 0 unspecified atom stereocenters. The Bertz CT molecular complexity index is 1950. The Labute approximate surface area is 257 Å². The van der Waals surface area contributed by atoms with Crippen LogP contribution in [0.1, 0.15) is 84.6 Å². The van der Waals surface area contributed by atoms with Crippen LogP contribution < -0.4 is 0 Å². The van der Waals surface area contributed by atoms with E-state index >= 15 is 0 Å². The molecule has 3 aromatic heterocycles. The van der Waals surface area contributed by atoms with Gasteiger partial charge in [-0.3, -0.25) is 9.59 Å². The molecule has 226 valence electrons. The molecule has 5 heterocycles. The number of nitrogens with one attached hydrogen (secondary N) is 2. The summed E-state index contributed by atoms with van der Waals surface area (Å²) in [6.07, 6.45) is 5.16. The molecule has 8 heteroatoms. The highest BCUT2D eigenvalue weighted by atomic mass is 16.5. The molecule has 5 rings (SSSR count). The number of esters is 2. The standard InChI is InChI=1S/C36H38N4O4/c1-9-23-19(3)30-17-33-25(11-13-35(41)43-7)21(5)27(39-33)15-28-22(6)26(12-14-36(42)44-8)34(40-28)18-32-24(10-2)20(4)29(38-32)16-31(23)37-30/h9-10,15-18,37-38H,1-2,11-14H2,3-8H3. The predicted molar refractivity (Wildman–Crippen MR) is 178 cm³/mol.